The Labute approximate surface area is 195 Å². The standard InChI is InChI=1S/C26H20FN3O2S/c27-20-11-9-19(10-12-20)25(31)29-21-13-15-22(16-14-21)33-24(18-6-2-1-3-7-18)26(32)30-23-8-4-5-17-28-23/h1-17,24H,(H,29,31)(H,28,30,32). The molecule has 2 amide bonds. The van der Waals surface area contributed by atoms with Gasteiger partial charge in [-0.05, 0) is 66.2 Å². The Bertz CT molecular complexity index is 1220. The number of carbonyl (C=O) groups excluding carboxylic acids is 2. The summed E-state index contributed by atoms with van der Waals surface area (Å²) >= 11 is 1.40. The van der Waals surface area contributed by atoms with Gasteiger partial charge in [-0.3, -0.25) is 9.59 Å². The molecule has 1 unspecified atom stereocenters. The molecule has 1 aromatic heterocycles. The molecule has 4 rings (SSSR count). The Balaban J connectivity index is 1.47. The van der Waals surface area contributed by atoms with Gasteiger partial charge in [-0.1, -0.05) is 36.4 Å². The van der Waals surface area contributed by atoms with E-state index in [-0.39, 0.29) is 11.8 Å². The van der Waals surface area contributed by atoms with Crippen molar-refractivity contribution < 1.29 is 14.0 Å². The molecular formula is C26H20FN3O2S. The predicted octanol–water partition coefficient (Wildman–Crippen LogP) is 5.95. The van der Waals surface area contributed by atoms with Crippen LogP contribution in [0.5, 0.6) is 0 Å². The van der Waals surface area contributed by atoms with Crippen LogP contribution in [0.2, 0.25) is 0 Å². The van der Waals surface area contributed by atoms with Gasteiger partial charge >= 0.3 is 0 Å². The molecule has 164 valence electrons. The van der Waals surface area contributed by atoms with E-state index in [4.69, 9.17) is 0 Å². The van der Waals surface area contributed by atoms with E-state index in [9.17, 15) is 14.0 Å². The fourth-order valence-electron chi connectivity index (χ4n) is 3.09. The second-order valence-corrected chi connectivity index (χ2v) is 8.28. The number of nitrogens with zero attached hydrogens (tertiary/aromatic N) is 1. The molecule has 5 nitrogen and oxygen atoms in total. The number of nitrogens with one attached hydrogen (secondary N) is 2. The molecule has 1 heterocycles. The van der Waals surface area contributed by atoms with Crippen molar-refractivity contribution in [1.29, 1.82) is 0 Å². The van der Waals surface area contributed by atoms with Crippen molar-refractivity contribution >= 4 is 35.1 Å². The molecule has 4 aromatic rings. The van der Waals surface area contributed by atoms with E-state index in [2.05, 4.69) is 15.6 Å². The van der Waals surface area contributed by atoms with Gasteiger partial charge in [0, 0.05) is 22.3 Å². The van der Waals surface area contributed by atoms with Crippen LogP contribution >= 0.6 is 11.8 Å². The third-order valence-corrected chi connectivity index (χ3v) is 6.00. The Kier molecular flexibility index (Phi) is 7.12. The smallest absolute Gasteiger partial charge is 0.255 e. The summed E-state index contributed by atoms with van der Waals surface area (Å²) in [5.41, 5.74) is 1.83. The quantitative estimate of drug-likeness (QED) is 0.337. The monoisotopic (exact) mass is 457 g/mol. The Hall–Kier alpha value is -3.97. The maximum absolute atomic E-state index is 13.1. The minimum absolute atomic E-state index is 0.182. The number of rotatable bonds is 7. The van der Waals surface area contributed by atoms with Crippen LogP contribution in [0.15, 0.2) is 108 Å². The number of hydrogen-bond acceptors (Lipinski definition) is 4. The summed E-state index contributed by atoms with van der Waals surface area (Å²) < 4.78 is 13.1. The van der Waals surface area contributed by atoms with Gasteiger partial charge in [0.05, 0.1) is 0 Å². The van der Waals surface area contributed by atoms with Gasteiger partial charge in [-0.25, -0.2) is 9.37 Å². The van der Waals surface area contributed by atoms with Gasteiger partial charge in [-0.2, -0.15) is 0 Å². The molecule has 0 radical (unpaired) electrons. The van der Waals surface area contributed by atoms with Crippen molar-refractivity contribution in [3.63, 3.8) is 0 Å². The maximum Gasteiger partial charge on any atom is 0.255 e. The van der Waals surface area contributed by atoms with Crippen LogP contribution in [-0.4, -0.2) is 16.8 Å². The lowest BCUT2D eigenvalue weighted by Gasteiger charge is -2.17. The second-order valence-electron chi connectivity index (χ2n) is 7.10. The highest BCUT2D eigenvalue weighted by molar-refractivity contribution is 8.00. The molecule has 0 spiro atoms. The van der Waals surface area contributed by atoms with E-state index < -0.39 is 11.1 Å². The van der Waals surface area contributed by atoms with E-state index in [0.29, 0.717) is 17.1 Å². The normalized spacial score (nSPS) is 11.4. The molecule has 7 heteroatoms. The van der Waals surface area contributed by atoms with Crippen molar-refractivity contribution in [1.82, 2.24) is 4.98 Å². The molecule has 0 saturated heterocycles. The third-order valence-electron chi connectivity index (χ3n) is 4.73. The summed E-state index contributed by atoms with van der Waals surface area (Å²) in [5, 5.41) is 5.16. The highest BCUT2D eigenvalue weighted by Crippen LogP contribution is 2.36. The zero-order valence-corrected chi connectivity index (χ0v) is 18.3. The molecule has 0 aliphatic carbocycles. The van der Waals surface area contributed by atoms with Crippen LogP contribution in [0.3, 0.4) is 0 Å². The van der Waals surface area contributed by atoms with Gasteiger partial charge < -0.3 is 10.6 Å². The average Bonchev–Trinajstić information content (AvgIpc) is 2.85. The number of carbonyl (C=O) groups is 2. The molecule has 0 aliphatic heterocycles. The van der Waals surface area contributed by atoms with Crippen LogP contribution < -0.4 is 10.6 Å². The molecule has 2 N–H and O–H groups in total. The van der Waals surface area contributed by atoms with Crippen LogP contribution in [0.1, 0.15) is 21.2 Å². The zero-order chi connectivity index (χ0) is 23.0. The Morgan fingerprint density at radius 2 is 1.48 bits per heavy atom. The van der Waals surface area contributed by atoms with E-state index in [1.54, 1.807) is 30.5 Å². The van der Waals surface area contributed by atoms with Crippen molar-refractivity contribution in [3.05, 3.63) is 120 Å². The average molecular weight is 458 g/mol. The van der Waals surface area contributed by atoms with E-state index in [1.807, 2.05) is 48.5 Å². The molecule has 0 aliphatic rings. The first-order valence-corrected chi connectivity index (χ1v) is 11.1. The first-order valence-electron chi connectivity index (χ1n) is 10.2. The number of pyridine rings is 1. The Morgan fingerprint density at radius 3 is 2.15 bits per heavy atom. The number of halogens is 1. The van der Waals surface area contributed by atoms with Crippen LogP contribution in [-0.2, 0) is 4.79 Å². The van der Waals surface area contributed by atoms with Gasteiger partial charge in [-0.15, -0.1) is 11.8 Å². The van der Waals surface area contributed by atoms with Crippen LogP contribution in [0, 0.1) is 5.82 Å². The largest absolute Gasteiger partial charge is 0.322 e. The molecule has 33 heavy (non-hydrogen) atoms. The number of thioether (sulfide) groups is 1. The van der Waals surface area contributed by atoms with Crippen molar-refractivity contribution in [2.75, 3.05) is 10.6 Å². The maximum atomic E-state index is 13.1. The predicted molar refractivity (Wildman–Crippen MR) is 129 cm³/mol. The summed E-state index contributed by atoms with van der Waals surface area (Å²) in [6.45, 7) is 0. The molecule has 0 saturated carbocycles. The summed E-state index contributed by atoms with van der Waals surface area (Å²) in [6.07, 6.45) is 1.62. The summed E-state index contributed by atoms with van der Waals surface area (Å²) in [7, 11) is 0. The van der Waals surface area contributed by atoms with E-state index in [1.165, 1.54) is 36.0 Å². The van der Waals surface area contributed by atoms with Gasteiger partial charge in [0.1, 0.15) is 16.9 Å². The second kappa shape index (κ2) is 10.6. The lowest BCUT2D eigenvalue weighted by molar-refractivity contribution is -0.115. The number of aromatic nitrogens is 1. The number of hydrogen-bond donors (Lipinski definition) is 2. The highest BCUT2D eigenvalue weighted by atomic mass is 32.2. The van der Waals surface area contributed by atoms with Crippen LogP contribution in [0.25, 0.3) is 0 Å². The molecular weight excluding hydrogens is 437 g/mol. The van der Waals surface area contributed by atoms with Crippen molar-refractivity contribution in [2.24, 2.45) is 0 Å². The van der Waals surface area contributed by atoms with Gasteiger partial charge in [0.15, 0.2) is 0 Å². The van der Waals surface area contributed by atoms with Crippen LogP contribution in [0.4, 0.5) is 15.9 Å². The number of amides is 2. The lowest BCUT2D eigenvalue weighted by atomic mass is 10.1. The summed E-state index contributed by atoms with van der Waals surface area (Å²) in [6, 6.07) is 27.4. The molecule has 0 fully saturated rings. The molecule has 3 aromatic carbocycles. The zero-order valence-electron chi connectivity index (χ0n) is 17.4. The fourth-order valence-corrected chi connectivity index (χ4v) is 4.11. The third kappa shape index (κ3) is 6.05. The first kappa shape index (κ1) is 22.2. The lowest BCUT2D eigenvalue weighted by Crippen LogP contribution is -2.19. The van der Waals surface area contributed by atoms with E-state index >= 15 is 0 Å². The minimum atomic E-state index is -0.493. The Morgan fingerprint density at radius 1 is 0.788 bits per heavy atom. The first-order chi connectivity index (χ1) is 16.1. The van der Waals surface area contributed by atoms with Crippen molar-refractivity contribution in [3.8, 4) is 0 Å². The van der Waals surface area contributed by atoms with Crippen molar-refractivity contribution in [2.45, 2.75) is 10.1 Å². The summed E-state index contributed by atoms with van der Waals surface area (Å²) in [5.74, 6) is -0.415. The number of anilines is 2. The topological polar surface area (TPSA) is 71.1 Å². The van der Waals surface area contributed by atoms with Gasteiger partial charge in [0.25, 0.3) is 5.91 Å². The highest BCUT2D eigenvalue weighted by Gasteiger charge is 2.22. The number of benzene rings is 3. The van der Waals surface area contributed by atoms with E-state index in [0.717, 1.165) is 10.5 Å². The van der Waals surface area contributed by atoms with Gasteiger partial charge in [0.2, 0.25) is 5.91 Å². The SMILES string of the molecule is O=C(Nc1ccc(SC(C(=O)Nc2ccccn2)c2ccccc2)cc1)c1ccc(F)cc1. The summed E-state index contributed by atoms with van der Waals surface area (Å²) in [4.78, 5) is 30.4. The molecule has 0 bridgehead atoms. The molecule has 1 atom stereocenters. The minimum Gasteiger partial charge on any atom is -0.322 e. The fraction of sp³-hybridized carbons (Fsp3) is 0.0385.